The Morgan fingerprint density at radius 3 is 2.12 bits per heavy atom. The largest absolute Gasteiger partial charge is 0.494 e. The van der Waals surface area contributed by atoms with Crippen molar-refractivity contribution >= 4 is 23.1 Å². The van der Waals surface area contributed by atoms with E-state index in [-0.39, 0.29) is 11.8 Å². The second kappa shape index (κ2) is 9.25. The molecule has 1 saturated heterocycles. The monoisotopic (exact) mass is 430 g/mol. The number of rotatable bonds is 6. The highest BCUT2D eigenvalue weighted by Crippen LogP contribution is 2.35. The summed E-state index contributed by atoms with van der Waals surface area (Å²) in [5.74, 6) is 0.0426. The van der Waals surface area contributed by atoms with E-state index in [4.69, 9.17) is 10.00 Å². The van der Waals surface area contributed by atoms with Gasteiger partial charge in [0, 0.05) is 26.2 Å². The van der Waals surface area contributed by atoms with Gasteiger partial charge in [0.05, 0.1) is 29.5 Å². The number of hydrogen-bond donors (Lipinski definition) is 0. The van der Waals surface area contributed by atoms with Crippen LogP contribution in [-0.2, 0) is 9.59 Å². The Morgan fingerprint density at radius 2 is 1.56 bits per heavy atom. The predicted octanol–water partition coefficient (Wildman–Crippen LogP) is 2.88. The van der Waals surface area contributed by atoms with E-state index in [2.05, 4.69) is 17.9 Å². The lowest BCUT2D eigenvalue weighted by Gasteiger charge is -2.36. The highest BCUT2D eigenvalue weighted by atomic mass is 16.5. The summed E-state index contributed by atoms with van der Waals surface area (Å²) in [7, 11) is 0. The highest BCUT2D eigenvalue weighted by Gasteiger charge is 2.43. The van der Waals surface area contributed by atoms with Crippen molar-refractivity contribution in [2.24, 2.45) is 0 Å². The van der Waals surface area contributed by atoms with Crippen LogP contribution in [0.3, 0.4) is 0 Å². The van der Waals surface area contributed by atoms with Crippen molar-refractivity contribution in [2.75, 3.05) is 44.2 Å². The van der Waals surface area contributed by atoms with Crippen LogP contribution >= 0.6 is 0 Å². The van der Waals surface area contributed by atoms with Crippen molar-refractivity contribution in [2.45, 2.75) is 13.8 Å². The second-order valence-corrected chi connectivity index (χ2v) is 7.71. The van der Waals surface area contributed by atoms with E-state index in [1.807, 2.05) is 36.1 Å². The van der Waals surface area contributed by atoms with E-state index in [1.54, 1.807) is 24.3 Å². The number of nitriles is 1. The Balaban J connectivity index is 1.74. The first-order valence-corrected chi connectivity index (χ1v) is 10.9. The van der Waals surface area contributed by atoms with E-state index in [0.717, 1.165) is 25.4 Å². The Kier molecular flexibility index (Phi) is 6.24. The number of amides is 2. The molecule has 0 bridgehead atoms. The van der Waals surface area contributed by atoms with Gasteiger partial charge in [0.15, 0.2) is 0 Å². The molecule has 2 aliphatic rings. The molecule has 4 rings (SSSR count). The summed E-state index contributed by atoms with van der Waals surface area (Å²) >= 11 is 0. The molecular weight excluding hydrogens is 404 g/mol. The number of benzene rings is 2. The van der Waals surface area contributed by atoms with E-state index in [9.17, 15) is 9.59 Å². The maximum atomic E-state index is 13.6. The molecule has 2 aliphatic heterocycles. The molecule has 32 heavy (non-hydrogen) atoms. The van der Waals surface area contributed by atoms with Crippen molar-refractivity contribution in [3.05, 3.63) is 65.4 Å². The molecule has 2 aromatic carbocycles. The molecule has 0 atom stereocenters. The van der Waals surface area contributed by atoms with Crippen molar-refractivity contribution in [1.82, 2.24) is 9.80 Å². The van der Waals surface area contributed by atoms with Crippen molar-refractivity contribution in [3.8, 4) is 11.8 Å². The van der Waals surface area contributed by atoms with E-state index in [0.29, 0.717) is 47.8 Å². The number of hydrogen-bond acceptors (Lipinski definition) is 6. The molecular formula is C25H26N4O3. The standard InChI is InChI=1S/C25H26N4O3/c1-3-27-13-15-28(16-14-27)23-22(19-7-11-21(12-8-19)32-4-2)24(30)29(25(23)31)20-9-5-18(17-26)6-10-20/h5-12H,3-4,13-16H2,1-2H3. The van der Waals surface area contributed by atoms with Gasteiger partial charge >= 0.3 is 0 Å². The average Bonchev–Trinajstić information content (AvgIpc) is 3.10. The smallest absolute Gasteiger partial charge is 0.282 e. The molecule has 0 N–H and O–H groups in total. The number of nitrogens with zero attached hydrogens (tertiary/aromatic N) is 4. The summed E-state index contributed by atoms with van der Waals surface area (Å²) in [5, 5.41) is 9.08. The normalized spacial score (nSPS) is 17.2. The third kappa shape index (κ3) is 3.97. The zero-order chi connectivity index (χ0) is 22.7. The van der Waals surface area contributed by atoms with Crippen LogP contribution in [0, 0.1) is 11.3 Å². The van der Waals surface area contributed by atoms with Gasteiger partial charge in [-0.1, -0.05) is 19.1 Å². The molecule has 1 fully saturated rings. The number of ether oxygens (including phenoxy) is 1. The van der Waals surface area contributed by atoms with Crippen LogP contribution in [0.4, 0.5) is 5.69 Å². The molecule has 0 saturated carbocycles. The Bertz CT molecular complexity index is 1080. The minimum atomic E-state index is -0.350. The molecule has 2 aromatic rings. The van der Waals surface area contributed by atoms with Gasteiger partial charge in [-0.25, -0.2) is 4.90 Å². The molecule has 0 aromatic heterocycles. The first-order valence-electron chi connectivity index (χ1n) is 10.9. The minimum absolute atomic E-state index is 0.325. The number of carbonyl (C=O) groups excluding carboxylic acids is 2. The van der Waals surface area contributed by atoms with Gasteiger partial charge in [-0.2, -0.15) is 5.26 Å². The highest BCUT2D eigenvalue weighted by molar-refractivity contribution is 6.45. The quantitative estimate of drug-likeness (QED) is 0.656. The SMILES string of the molecule is CCOc1ccc(C2=C(N3CCN(CC)CC3)C(=O)N(c3ccc(C#N)cc3)C2=O)cc1. The minimum Gasteiger partial charge on any atom is -0.494 e. The average molecular weight is 431 g/mol. The van der Waals surface area contributed by atoms with Crippen LogP contribution in [0.15, 0.2) is 54.2 Å². The van der Waals surface area contributed by atoms with Gasteiger partial charge < -0.3 is 14.5 Å². The van der Waals surface area contributed by atoms with Crippen LogP contribution in [0.2, 0.25) is 0 Å². The van der Waals surface area contributed by atoms with Crippen LogP contribution in [0.5, 0.6) is 5.75 Å². The molecule has 7 nitrogen and oxygen atoms in total. The van der Waals surface area contributed by atoms with Gasteiger partial charge in [-0.3, -0.25) is 9.59 Å². The van der Waals surface area contributed by atoms with Crippen LogP contribution in [0.1, 0.15) is 25.0 Å². The first-order chi connectivity index (χ1) is 15.6. The number of likely N-dealkylation sites (N-methyl/N-ethyl adjacent to an activating group) is 1. The van der Waals surface area contributed by atoms with Gasteiger partial charge in [0.1, 0.15) is 11.4 Å². The Hall–Kier alpha value is -3.63. The zero-order valence-electron chi connectivity index (χ0n) is 18.4. The lowest BCUT2D eigenvalue weighted by molar-refractivity contribution is -0.120. The Labute approximate surface area is 188 Å². The van der Waals surface area contributed by atoms with Crippen LogP contribution in [0.25, 0.3) is 5.57 Å². The van der Waals surface area contributed by atoms with E-state index >= 15 is 0 Å². The van der Waals surface area contributed by atoms with Crippen molar-refractivity contribution in [1.29, 1.82) is 5.26 Å². The van der Waals surface area contributed by atoms with Crippen LogP contribution in [-0.4, -0.2) is 60.9 Å². The third-order valence-corrected chi connectivity index (χ3v) is 5.90. The van der Waals surface area contributed by atoms with Crippen molar-refractivity contribution < 1.29 is 14.3 Å². The van der Waals surface area contributed by atoms with Gasteiger partial charge in [0.25, 0.3) is 11.8 Å². The lowest BCUT2D eigenvalue weighted by Crippen LogP contribution is -2.47. The van der Waals surface area contributed by atoms with Gasteiger partial charge in [-0.15, -0.1) is 0 Å². The lowest BCUT2D eigenvalue weighted by atomic mass is 10.0. The first kappa shape index (κ1) is 21.6. The van der Waals surface area contributed by atoms with E-state index in [1.165, 1.54) is 4.90 Å². The fourth-order valence-corrected chi connectivity index (χ4v) is 4.16. The van der Waals surface area contributed by atoms with E-state index < -0.39 is 0 Å². The summed E-state index contributed by atoms with van der Waals surface area (Å²) in [6.07, 6.45) is 0. The third-order valence-electron chi connectivity index (χ3n) is 5.90. The molecule has 7 heteroatoms. The summed E-state index contributed by atoms with van der Waals surface area (Å²) < 4.78 is 5.53. The zero-order valence-corrected chi connectivity index (χ0v) is 18.4. The number of carbonyl (C=O) groups is 2. The molecule has 2 heterocycles. The summed E-state index contributed by atoms with van der Waals surface area (Å²) in [5.41, 5.74) is 2.48. The predicted molar refractivity (Wildman–Crippen MR) is 122 cm³/mol. The number of anilines is 1. The Morgan fingerprint density at radius 1 is 0.906 bits per heavy atom. The fraction of sp³-hybridized carbons (Fsp3) is 0.320. The van der Waals surface area contributed by atoms with Crippen LogP contribution < -0.4 is 9.64 Å². The number of imide groups is 1. The maximum absolute atomic E-state index is 13.6. The summed E-state index contributed by atoms with van der Waals surface area (Å²) in [6, 6.07) is 15.9. The molecule has 0 radical (unpaired) electrons. The topological polar surface area (TPSA) is 76.9 Å². The molecule has 0 unspecified atom stereocenters. The van der Waals surface area contributed by atoms with Gasteiger partial charge in [0.2, 0.25) is 0 Å². The molecule has 2 amide bonds. The van der Waals surface area contributed by atoms with Crippen molar-refractivity contribution in [3.63, 3.8) is 0 Å². The number of piperazine rings is 1. The molecule has 0 spiro atoms. The maximum Gasteiger partial charge on any atom is 0.282 e. The van der Waals surface area contributed by atoms with Gasteiger partial charge in [-0.05, 0) is 55.4 Å². The summed E-state index contributed by atoms with van der Waals surface area (Å²) in [6.45, 7) is 8.61. The molecule has 164 valence electrons. The second-order valence-electron chi connectivity index (χ2n) is 7.71. The molecule has 0 aliphatic carbocycles. The summed E-state index contributed by atoms with van der Waals surface area (Å²) in [4.78, 5) is 32.7. The fourth-order valence-electron chi connectivity index (χ4n) is 4.16.